The predicted molar refractivity (Wildman–Crippen MR) is 195 cm³/mol. The fraction of sp³-hybridized carbons (Fsp3) is 0.794. The normalized spacial score (nSPS) is 23.8. The van der Waals surface area contributed by atoms with Gasteiger partial charge in [-0.3, -0.25) is 53.2 Å². The van der Waals surface area contributed by atoms with E-state index in [9.17, 15) is 64.0 Å². The maximum Gasteiger partial charge on any atom is 0.475 e. The van der Waals surface area contributed by atoms with Crippen LogP contribution in [0.25, 0.3) is 0 Å². The fourth-order valence-electron chi connectivity index (χ4n) is 7.64. The number of carboxylic acid groups (broad SMARTS) is 4. The fourth-order valence-corrected chi connectivity index (χ4v) is 7.64. The average molecular weight is 784 g/mol. The second-order valence-electron chi connectivity index (χ2n) is 14.8. The third-order valence-corrected chi connectivity index (χ3v) is 10.8. The SMILES string of the molecule is C[C@@H](NC(=O)[C@H]1CC[C@H](CNC(=O)CC[C@H](C(=O)O)N2CCN(CC(=O)O)CCN(CC(=O)O)CCN(CC(=O)O)CC2)CC1)C(=O)N1CCC[C@H]1B(O)O. The monoisotopic (exact) mass is 783 g/mol. The molecule has 0 aromatic rings. The van der Waals surface area contributed by atoms with Gasteiger partial charge in [0.15, 0.2) is 0 Å². The molecule has 2 heterocycles. The molecule has 2 aliphatic heterocycles. The number of likely N-dealkylation sites (tertiary alicyclic amines) is 1. The number of carboxylic acids is 4. The highest BCUT2D eigenvalue weighted by molar-refractivity contribution is 6.43. The van der Waals surface area contributed by atoms with E-state index < -0.39 is 49.0 Å². The number of carbonyl (C=O) groups excluding carboxylic acids is 3. The lowest BCUT2D eigenvalue weighted by Gasteiger charge is -2.35. The van der Waals surface area contributed by atoms with Crippen molar-refractivity contribution in [3.8, 4) is 0 Å². The molecule has 1 saturated carbocycles. The van der Waals surface area contributed by atoms with Gasteiger partial charge in [0.25, 0.3) is 0 Å². The number of nitrogens with zero attached hydrogens (tertiary/aromatic N) is 5. The second-order valence-corrected chi connectivity index (χ2v) is 14.8. The summed E-state index contributed by atoms with van der Waals surface area (Å²) in [6.07, 6.45) is 3.40. The Bertz CT molecular complexity index is 1300. The summed E-state index contributed by atoms with van der Waals surface area (Å²) in [5, 5.41) is 63.3. The molecule has 310 valence electrons. The summed E-state index contributed by atoms with van der Waals surface area (Å²) < 4.78 is 0. The van der Waals surface area contributed by atoms with Crippen LogP contribution in [0.1, 0.15) is 58.3 Å². The summed E-state index contributed by atoms with van der Waals surface area (Å²) in [6.45, 7) is 2.61. The van der Waals surface area contributed by atoms with Crippen molar-refractivity contribution in [2.24, 2.45) is 11.8 Å². The third-order valence-electron chi connectivity index (χ3n) is 10.8. The van der Waals surface area contributed by atoms with Crippen molar-refractivity contribution in [3.63, 3.8) is 0 Å². The van der Waals surface area contributed by atoms with E-state index in [4.69, 9.17) is 0 Å². The van der Waals surface area contributed by atoms with E-state index in [1.54, 1.807) is 26.5 Å². The first-order valence-corrected chi connectivity index (χ1v) is 19.1. The molecule has 20 nitrogen and oxygen atoms in total. The van der Waals surface area contributed by atoms with Gasteiger partial charge in [-0.1, -0.05) is 0 Å². The first-order valence-electron chi connectivity index (χ1n) is 19.1. The summed E-state index contributed by atoms with van der Waals surface area (Å²) in [6, 6.07) is -1.94. The molecule has 1 aliphatic carbocycles. The van der Waals surface area contributed by atoms with E-state index in [1.807, 2.05) is 0 Å². The van der Waals surface area contributed by atoms with Crippen molar-refractivity contribution in [2.45, 2.75) is 76.3 Å². The van der Waals surface area contributed by atoms with Gasteiger partial charge in [0.2, 0.25) is 17.7 Å². The van der Waals surface area contributed by atoms with Crippen LogP contribution < -0.4 is 10.6 Å². The summed E-state index contributed by atoms with van der Waals surface area (Å²) in [5.41, 5.74) is 0. The Balaban J connectivity index is 1.52. The van der Waals surface area contributed by atoms with Crippen LogP contribution in [0.5, 0.6) is 0 Å². The minimum atomic E-state index is -1.64. The van der Waals surface area contributed by atoms with E-state index in [-0.39, 0.29) is 114 Å². The minimum Gasteiger partial charge on any atom is -0.480 e. The Labute approximate surface area is 320 Å². The molecule has 0 unspecified atom stereocenters. The van der Waals surface area contributed by atoms with Gasteiger partial charge in [0, 0.05) is 77.8 Å². The quantitative estimate of drug-likeness (QED) is 0.0688. The number of rotatable bonds is 17. The second kappa shape index (κ2) is 22.6. The van der Waals surface area contributed by atoms with Gasteiger partial charge in [0.05, 0.1) is 25.6 Å². The van der Waals surface area contributed by atoms with E-state index in [1.165, 1.54) is 4.90 Å². The van der Waals surface area contributed by atoms with E-state index in [0.29, 0.717) is 51.6 Å². The highest BCUT2D eigenvalue weighted by atomic mass is 16.4. The van der Waals surface area contributed by atoms with E-state index >= 15 is 0 Å². The highest BCUT2D eigenvalue weighted by Crippen LogP contribution is 2.29. The lowest BCUT2D eigenvalue weighted by molar-refractivity contribution is -0.145. The molecule has 3 fully saturated rings. The van der Waals surface area contributed by atoms with Gasteiger partial charge in [-0.25, -0.2) is 0 Å². The molecule has 0 aromatic heterocycles. The Morgan fingerprint density at radius 3 is 1.64 bits per heavy atom. The molecule has 0 radical (unpaired) electrons. The lowest BCUT2D eigenvalue weighted by atomic mass is 9.77. The summed E-state index contributed by atoms with van der Waals surface area (Å²) in [7, 11) is -1.64. The van der Waals surface area contributed by atoms with Crippen LogP contribution in [0.4, 0.5) is 0 Å². The van der Waals surface area contributed by atoms with Crippen LogP contribution in [-0.4, -0.2) is 207 Å². The topological polar surface area (TPSA) is 281 Å². The Morgan fingerprint density at radius 2 is 1.18 bits per heavy atom. The number of nitrogens with one attached hydrogen (secondary N) is 2. The maximum absolute atomic E-state index is 13.0. The van der Waals surface area contributed by atoms with Gasteiger partial charge in [0.1, 0.15) is 12.1 Å². The van der Waals surface area contributed by atoms with Crippen LogP contribution in [0.3, 0.4) is 0 Å². The van der Waals surface area contributed by atoms with Gasteiger partial charge in [-0.05, 0) is 57.8 Å². The van der Waals surface area contributed by atoms with Crippen LogP contribution in [0.15, 0.2) is 0 Å². The molecular formula is C34H58BN7O13. The van der Waals surface area contributed by atoms with Crippen molar-refractivity contribution in [1.82, 2.24) is 35.1 Å². The highest BCUT2D eigenvalue weighted by Gasteiger charge is 2.39. The summed E-state index contributed by atoms with van der Waals surface area (Å²) in [5.74, 6) is -6.31. The maximum atomic E-state index is 13.0. The molecule has 21 heteroatoms. The van der Waals surface area contributed by atoms with Gasteiger partial charge < -0.3 is 46.0 Å². The molecule has 0 bridgehead atoms. The summed E-state index contributed by atoms with van der Waals surface area (Å²) in [4.78, 5) is 93.7. The van der Waals surface area contributed by atoms with Crippen molar-refractivity contribution in [1.29, 1.82) is 0 Å². The largest absolute Gasteiger partial charge is 0.480 e. The molecule has 0 aromatic carbocycles. The van der Waals surface area contributed by atoms with Gasteiger partial charge in [-0.2, -0.15) is 0 Å². The summed E-state index contributed by atoms with van der Waals surface area (Å²) >= 11 is 0. The first-order chi connectivity index (χ1) is 26.0. The van der Waals surface area contributed by atoms with Crippen LogP contribution in [-0.2, 0) is 33.6 Å². The van der Waals surface area contributed by atoms with Crippen LogP contribution >= 0.6 is 0 Å². The number of hydrogen-bond donors (Lipinski definition) is 8. The standard InChI is InChI=1S/C34H58BN7O13/c1-23(33(51)42-10-2-3-27(42)35(54)55)37-32(50)25-6-4-24(5-7-25)19-36-28(43)9-8-26(34(52)53)41-17-15-39(21-30(46)47)13-11-38(20-29(44)45)12-14-40(16-18-41)22-31(48)49/h23-27,54-55H,2-22H2,1H3,(H,36,43)(H,37,50)(H,44,45)(H,46,47)(H,48,49)(H,52,53)/t23-,24-,25-,26-,27+/m1/s1. The van der Waals surface area contributed by atoms with Crippen molar-refractivity contribution < 1.29 is 64.0 Å². The third kappa shape index (κ3) is 15.6. The smallest absolute Gasteiger partial charge is 0.475 e. The number of aliphatic carboxylic acids is 4. The Kier molecular flexibility index (Phi) is 18.7. The van der Waals surface area contributed by atoms with Crippen molar-refractivity contribution in [3.05, 3.63) is 0 Å². The van der Waals surface area contributed by atoms with Gasteiger partial charge in [-0.15, -0.1) is 0 Å². The molecule has 55 heavy (non-hydrogen) atoms. The van der Waals surface area contributed by atoms with Crippen molar-refractivity contribution >= 4 is 48.7 Å². The van der Waals surface area contributed by atoms with E-state index in [2.05, 4.69) is 10.6 Å². The molecule has 8 N–H and O–H groups in total. The lowest BCUT2D eigenvalue weighted by Crippen LogP contribution is -2.53. The molecule has 0 spiro atoms. The predicted octanol–water partition coefficient (Wildman–Crippen LogP) is -2.87. The molecule has 3 atom stereocenters. The first kappa shape index (κ1) is 45.5. The van der Waals surface area contributed by atoms with Crippen molar-refractivity contribution in [2.75, 3.05) is 85.1 Å². The zero-order valence-electron chi connectivity index (χ0n) is 31.6. The molecule has 3 amide bonds. The van der Waals surface area contributed by atoms with Gasteiger partial charge >= 0.3 is 31.0 Å². The Hall–Kier alpha value is -3.89. The minimum absolute atomic E-state index is 0.0509. The molecule has 3 aliphatic rings. The van der Waals surface area contributed by atoms with Crippen LogP contribution in [0.2, 0.25) is 0 Å². The van der Waals surface area contributed by atoms with E-state index in [0.717, 1.165) is 0 Å². The Morgan fingerprint density at radius 1 is 0.691 bits per heavy atom. The zero-order chi connectivity index (χ0) is 40.7. The molecular weight excluding hydrogens is 725 g/mol. The number of hydrogen-bond acceptors (Lipinski definition) is 13. The van der Waals surface area contributed by atoms with Crippen LogP contribution in [0, 0.1) is 11.8 Å². The zero-order valence-corrected chi connectivity index (χ0v) is 31.6. The molecule has 2 saturated heterocycles. The number of carbonyl (C=O) groups is 7. The number of amides is 3. The molecule has 3 rings (SSSR count). The average Bonchev–Trinajstić information content (AvgIpc) is 3.61.